The van der Waals surface area contributed by atoms with Gasteiger partial charge >= 0.3 is 0 Å². The number of hydrogen-bond acceptors (Lipinski definition) is 4. The fourth-order valence-electron chi connectivity index (χ4n) is 2.39. The van der Waals surface area contributed by atoms with E-state index in [1.54, 1.807) is 6.20 Å². The lowest BCUT2D eigenvalue weighted by Gasteiger charge is -2.01. The summed E-state index contributed by atoms with van der Waals surface area (Å²) in [5.74, 6) is 0. The third-order valence-corrected chi connectivity index (χ3v) is 4.48. The highest BCUT2D eigenvalue weighted by molar-refractivity contribution is 7.20. The second kappa shape index (κ2) is 4.49. The summed E-state index contributed by atoms with van der Waals surface area (Å²) in [6.45, 7) is 2.02. The summed E-state index contributed by atoms with van der Waals surface area (Å²) < 4.78 is 2.44. The molecule has 0 amide bonds. The van der Waals surface area contributed by atoms with Crippen molar-refractivity contribution in [2.45, 2.75) is 6.92 Å². The summed E-state index contributed by atoms with van der Waals surface area (Å²) in [6, 6.07) is 13.5. The predicted octanol–water partition coefficient (Wildman–Crippen LogP) is 3.30. The predicted molar refractivity (Wildman–Crippen MR) is 85.3 cm³/mol. The molecule has 4 aromatic rings. The quantitative estimate of drug-likeness (QED) is 0.541. The molecule has 0 N–H and O–H groups in total. The lowest BCUT2D eigenvalue weighted by molar-refractivity contribution is 0.815. The van der Waals surface area contributed by atoms with Crippen LogP contribution in [0.25, 0.3) is 26.1 Å². The Hall–Kier alpha value is -2.53. The fourth-order valence-corrected chi connectivity index (χ4v) is 3.39. The lowest BCUT2D eigenvalue weighted by atomic mass is 10.2. The van der Waals surface area contributed by atoms with Gasteiger partial charge in [-0.1, -0.05) is 41.7 Å². The van der Waals surface area contributed by atoms with Crippen molar-refractivity contribution in [3.05, 3.63) is 64.6 Å². The first-order valence-corrected chi connectivity index (χ1v) is 7.39. The molecule has 2 aromatic carbocycles. The molecule has 0 aliphatic heterocycles. The number of aryl methyl sites for hydroxylation is 1. The Bertz CT molecular complexity index is 1030. The molecule has 0 unspecified atom stereocenters. The van der Waals surface area contributed by atoms with Crippen molar-refractivity contribution in [1.82, 2.24) is 14.8 Å². The Labute approximate surface area is 124 Å². The van der Waals surface area contributed by atoms with Gasteiger partial charge in [0.2, 0.25) is 5.13 Å². The molecular formula is C16H11N3OS. The molecule has 4 rings (SSSR count). The summed E-state index contributed by atoms with van der Waals surface area (Å²) in [7, 11) is 0. The Balaban J connectivity index is 2.02. The van der Waals surface area contributed by atoms with Crippen LogP contribution in [0.4, 0.5) is 0 Å². The van der Waals surface area contributed by atoms with E-state index in [2.05, 4.69) is 10.1 Å². The first-order valence-electron chi connectivity index (χ1n) is 6.58. The second-order valence-corrected chi connectivity index (χ2v) is 5.88. The number of benzene rings is 2. The minimum absolute atomic E-state index is 0.134. The van der Waals surface area contributed by atoms with Gasteiger partial charge in [-0.3, -0.25) is 4.79 Å². The van der Waals surface area contributed by atoms with Crippen LogP contribution >= 0.6 is 11.3 Å². The summed E-state index contributed by atoms with van der Waals surface area (Å²) in [6.07, 6.45) is 1.70. The van der Waals surface area contributed by atoms with E-state index in [-0.39, 0.29) is 5.56 Å². The van der Waals surface area contributed by atoms with Gasteiger partial charge in [0.15, 0.2) is 0 Å². The number of hydrogen-bond donors (Lipinski definition) is 0. The van der Waals surface area contributed by atoms with Gasteiger partial charge in [0.25, 0.3) is 5.56 Å². The number of thiazole rings is 1. The molecule has 4 nitrogen and oxygen atoms in total. The average Bonchev–Trinajstić information content (AvgIpc) is 2.93. The molecule has 0 aliphatic rings. The van der Waals surface area contributed by atoms with Crippen LogP contribution in [0.1, 0.15) is 5.56 Å². The van der Waals surface area contributed by atoms with Gasteiger partial charge in [0.1, 0.15) is 0 Å². The van der Waals surface area contributed by atoms with Gasteiger partial charge < -0.3 is 0 Å². The molecule has 0 fully saturated rings. The van der Waals surface area contributed by atoms with Crippen LogP contribution in [-0.2, 0) is 0 Å². The lowest BCUT2D eigenvalue weighted by Crippen LogP contribution is -2.20. The molecule has 0 radical (unpaired) electrons. The Morgan fingerprint density at radius 2 is 1.95 bits per heavy atom. The monoisotopic (exact) mass is 293 g/mol. The molecule has 0 spiro atoms. The zero-order valence-electron chi connectivity index (χ0n) is 11.3. The number of para-hydroxylation sites is 1. The Kier molecular flexibility index (Phi) is 2.62. The molecule has 5 heteroatoms. The van der Waals surface area contributed by atoms with Gasteiger partial charge in [-0.05, 0) is 24.6 Å². The largest absolute Gasteiger partial charge is 0.281 e. The molecule has 0 saturated carbocycles. The normalized spacial score (nSPS) is 11.3. The summed E-state index contributed by atoms with van der Waals surface area (Å²) in [5, 5.41) is 6.36. The number of fused-ring (bicyclic) bond motifs is 2. The van der Waals surface area contributed by atoms with Gasteiger partial charge in [0.05, 0.1) is 21.8 Å². The van der Waals surface area contributed by atoms with E-state index in [4.69, 9.17) is 0 Å². The maximum absolute atomic E-state index is 12.6. The molecule has 0 atom stereocenters. The smallest absolute Gasteiger partial charge is 0.267 e. The standard InChI is InChI=1S/C16H11N3OS/c1-10-5-4-8-13-14(10)18-16(21-13)19-15(20)12-7-3-2-6-11(12)9-17-19/h2-9H,1H3. The van der Waals surface area contributed by atoms with E-state index in [9.17, 15) is 4.79 Å². The van der Waals surface area contributed by atoms with Crippen LogP contribution in [0.3, 0.4) is 0 Å². The summed E-state index contributed by atoms with van der Waals surface area (Å²) in [5.41, 5.74) is 1.90. The van der Waals surface area contributed by atoms with Gasteiger partial charge in [-0.2, -0.15) is 9.78 Å². The third-order valence-electron chi connectivity index (χ3n) is 3.49. The van der Waals surface area contributed by atoms with Crippen molar-refractivity contribution in [2.75, 3.05) is 0 Å². The summed E-state index contributed by atoms with van der Waals surface area (Å²) in [4.78, 5) is 17.1. The number of nitrogens with zero attached hydrogens (tertiary/aromatic N) is 3. The van der Waals surface area contributed by atoms with Crippen molar-refractivity contribution in [2.24, 2.45) is 0 Å². The molecular weight excluding hydrogens is 282 g/mol. The van der Waals surface area contributed by atoms with Crippen LogP contribution in [0.5, 0.6) is 0 Å². The average molecular weight is 293 g/mol. The van der Waals surface area contributed by atoms with E-state index in [0.29, 0.717) is 10.5 Å². The highest BCUT2D eigenvalue weighted by Gasteiger charge is 2.11. The summed E-state index contributed by atoms with van der Waals surface area (Å²) >= 11 is 1.48. The van der Waals surface area contributed by atoms with Crippen LogP contribution in [0.2, 0.25) is 0 Å². The fraction of sp³-hybridized carbons (Fsp3) is 0.0625. The van der Waals surface area contributed by atoms with E-state index in [1.165, 1.54) is 16.0 Å². The van der Waals surface area contributed by atoms with E-state index in [1.807, 2.05) is 49.4 Å². The minimum Gasteiger partial charge on any atom is -0.267 e. The number of aromatic nitrogens is 3. The molecule has 0 aliphatic carbocycles. The van der Waals surface area contributed by atoms with Crippen LogP contribution < -0.4 is 5.56 Å². The topological polar surface area (TPSA) is 47.8 Å². The highest BCUT2D eigenvalue weighted by atomic mass is 32.1. The Morgan fingerprint density at radius 3 is 2.81 bits per heavy atom. The van der Waals surface area contributed by atoms with Crippen molar-refractivity contribution in [3.63, 3.8) is 0 Å². The van der Waals surface area contributed by atoms with Crippen molar-refractivity contribution in [3.8, 4) is 5.13 Å². The van der Waals surface area contributed by atoms with Gasteiger partial charge in [-0.15, -0.1) is 0 Å². The van der Waals surface area contributed by atoms with Crippen LogP contribution in [0.15, 0.2) is 53.5 Å². The SMILES string of the molecule is Cc1cccc2sc(-n3ncc4ccccc4c3=O)nc12. The number of rotatable bonds is 1. The van der Waals surface area contributed by atoms with Crippen molar-refractivity contribution in [1.29, 1.82) is 0 Å². The highest BCUT2D eigenvalue weighted by Crippen LogP contribution is 2.26. The maximum Gasteiger partial charge on any atom is 0.281 e. The molecule has 0 bridgehead atoms. The third kappa shape index (κ3) is 1.86. The Morgan fingerprint density at radius 1 is 1.10 bits per heavy atom. The van der Waals surface area contributed by atoms with Crippen LogP contribution in [0, 0.1) is 6.92 Å². The van der Waals surface area contributed by atoms with Crippen LogP contribution in [-0.4, -0.2) is 14.8 Å². The molecule has 2 aromatic heterocycles. The second-order valence-electron chi connectivity index (χ2n) is 4.87. The molecule has 21 heavy (non-hydrogen) atoms. The minimum atomic E-state index is -0.134. The van der Waals surface area contributed by atoms with Crippen molar-refractivity contribution < 1.29 is 0 Å². The first kappa shape index (κ1) is 12.2. The van der Waals surface area contributed by atoms with E-state index in [0.717, 1.165) is 21.2 Å². The molecule has 2 heterocycles. The van der Waals surface area contributed by atoms with E-state index < -0.39 is 0 Å². The van der Waals surface area contributed by atoms with Gasteiger partial charge in [-0.25, -0.2) is 4.98 Å². The molecule has 0 saturated heterocycles. The van der Waals surface area contributed by atoms with Gasteiger partial charge in [0, 0.05) is 5.39 Å². The maximum atomic E-state index is 12.6. The first-order chi connectivity index (χ1) is 10.2. The molecule has 102 valence electrons. The zero-order valence-corrected chi connectivity index (χ0v) is 12.1. The van der Waals surface area contributed by atoms with Crippen molar-refractivity contribution >= 4 is 32.3 Å². The van der Waals surface area contributed by atoms with E-state index >= 15 is 0 Å². The zero-order chi connectivity index (χ0) is 14.4.